The predicted octanol–water partition coefficient (Wildman–Crippen LogP) is 3.00. The Hall–Kier alpha value is -1.44. The highest BCUT2D eigenvalue weighted by Crippen LogP contribution is 2.36. The van der Waals surface area contributed by atoms with Gasteiger partial charge in [0.25, 0.3) is 0 Å². The van der Waals surface area contributed by atoms with Crippen LogP contribution in [0.1, 0.15) is 69.5 Å². The first-order chi connectivity index (χ1) is 14.5. The average Bonchev–Trinajstić information content (AvgIpc) is 3.17. The summed E-state index contributed by atoms with van der Waals surface area (Å²) in [7, 11) is 5.87. The van der Waals surface area contributed by atoms with Crippen LogP contribution >= 0.6 is 0 Å². The average molecular weight is 422 g/mol. The molecule has 1 heterocycles. The highest BCUT2D eigenvalue weighted by atomic mass is 16.5. The van der Waals surface area contributed by atoms with Crippen molar-refractivity contribution in [3.8, 4) is 0 Å². The quantitative estimate of drug-likeness (QED) is 0.479. The molecule has 2 rings (SSSR count). The van der Waals surface area contributed by atoms with E-state index in [2.05, 4.69) is 52.4 Å². The van der Waals surface area contributed by atoms with Crippen LogP contribution in [0.15, 0.2) is 6.20 Å². The number of amides is 1. The lowest BCUT2D eigenvalue weighted by Gasteiger charge is -2.37. The molecule has 0 aliphatic heterocycles. The van der Waals surface area contributed by atoms with Crippen LogP contribution in [0.3, 0.4) is 0 Å². The zero-order chi connectivity index (χ0) is 21.9. The molecule has 7 nitrogen and oxygen atoms in total. The summed E-state index contributed by atoms with van der Waals surface area (Å²) in [6, 6.07) is 0.352. The fourth-order valence-electron chi connectivity index (χ4n) is 4.50. The van der Waals surface area contributed by atoms with Gasteiger partial charge in [0.2, 0.25) is 5.91 Å². The van der Waals surface area contributed by atoms with Crippen LogP contribution in [0, 0.1) is 5.92 Å². The molecule has 1 saturated carbocycles. The number of carbonyl (C=O) groups is 1. The van der Waals surface area contributed by atoms with Crippen LogP contribution in [-0.4, -0.2) is 79.4 Å². The largest absolute Gasteiger partial charge is 0.385 e. The fourth-order valence-corrected chi connectivity index (χ4v) is 4.50. The van der Waals surface area contributed by atoms with Crippen LogP contribution in [0.25, 0.3) is 0 Å². The van der Waals surface area contributed by atoms with E-state index in [0.29, 0.717) is 36.8 Å². The third kappa shape index (κ3) is 7.67. The van der Waals surface area contributed by atoms with Gasteiger partial charge in [-0.2, -0.15) is 5.10 Å². The van der Waals surface area contributed by atoms with E-state index in [9.17, 15) is 4.79 Å². The second kappa shape index (κ2) is 13.1. The molecule has 1 aliphatic carbocycles. The minimum atomic E-state index is 0.302. The Balaban J connectivity index is 1.95. The molecule has 0 bridgehead atoms. The van der Waals surface area contributed by atoms with Crippen molar-refractivity contribution in [1.82, 2.24) is 25.3 Å². The Kier molecular flexibility index (Phi) is 10.8. The standard InChI is InChI=1S/C23H43N5O2/c1-18(2)15-22(29)28(12-6-14-30-5)21-9-7-19(8-10-21)23-20(16-25-26-23)17-27(4)13-11-24-3/h16,18-19,21,24H,6-15,17H2,1-5H3,(H,25,26)/t19-,21-. The number of nitrogens with one attached hydrogen (secondary N) is 2. The summed E-state index contributed by atoms with van der Waals surface area (Å²) >= 11 is 0. The van der Waals surface area contributed by atoms with E-state index in [4.69, 9.17) is 4.74 Å². The van der Waals surface area contributed by atoms with E-state index in [1.54, 1.807) is 7.11 Å². The third-order valence-electron chi connectivity index (χ3n) is 6.11. The van der Waals surface area contributed by atoms with Gasteiger partial charge >= 0.3 is 0 Å². The highest BCUT2D eigenvalue weighted by molar-refractivity contribution is 5.76. The number of nitrogens with zero attached hydrogens (tertiary/aromatic N) is 3. The van der Waals surface area contributed by atoms with Gasteiger partial charge in [-0.15, -0.1) is 0 Å². The van der Waals surface area contributed by atoms with Crippen molar-refractivity contribution >= 4 is 5.91 Å². The summed E-state index contributed by atoms with van der Waals surface area (Å²) in [5.74, 6) is 1.18. The maximum Gasteiger partial charge on any atom is 0.223 e. The third-order valence-corrected chi connectivity index (χ3v) is 6.11. The lowest BCUT2D eigenvalue weighted by Crippen LogP contribution is -2.43. The molecule has 1 aromatic heterocycles. The van der Waals surface area contributed by atoms with Gasteiger partial charge < -0.3 is 19.9 Å². The highest BCUT2D eigenvalue weighted by Gasteiger charge is 2.31. The number of carbonyl (C=O) groups excluding carboxylic acids is 1. The molecule has 7 heteroatoms. The van der Waals surface area contributed by atoms with Crippen LogP contribution in [-0.2, 0) is 16.1 Å². The molecule has 1 aliphatic rings. The molecule has 1 amide bonds. The molecule has 0 saturated heterocycles. The molecule has 0 atom stereocenters. The van der Waals surface area contributed by atoms with Gasteiger partial charge in [-0.3, -0.25) is 9.89 Å². The molecule has 0 aromatic carbocycles. The lowest BCUT2D eigenvalue weighted by atomic mass is 9.82. The molecule has 1 aromatic rings. The summed E-state index contributed by atoms with van der Waals surface area (Å²) < 4.78 is 5.22. The number of rotatable bonds is 13. The van der Waals surface area contributed by atoms with E-state index in [-0.39, 0.29) is 0 Å². The Morgan fingerprint density at radius 1 is 1.30 bits per heavy atom. The Bertz CT molecular complexity index is 610. The van der Waals surface area contributed by atoms with Crippen LogP contribution in [0.5, 0.6) is 0 Å². The Labute approximate surface area is 182 Å². The molecule has 0 unspecified atom stereocenters. The van der Waals surface area contributed by atoms with Gasteiger partial charge in [0.1, 0.15) is 0 Å². The normalized spacial score (nSPS) is 19.6. The molecular weight excluding hydrogens is 378 g/mol. The van der Waals surface area contributed by atoms with Gasteiger partial charge in [0.05, 0.1) is 5.69 Å². The Morgan fingerprint density at radius 3 is 2.67 bits per heavy atom. The van der Waals surface area contributed by atoms with Crippen molar-refractivity contribution in [2.45, 2.75) is 70.9 Å². The minimum absolute atomic E-state index is 0.302. The number of hydrogen-bond donors (Lipinski definition) is 2. The van der Waals surface area contributed by atoms with Crippen LogP contribution in [0.4, 0.5) is 0 Å². The molecule has 0 spiro atoms. The van der Waals surface area contributed by atoms with Gasteiger partial charge in [-0.25, -0.2) is 0 Å². The summed E-state index contributed by atoms with van der Waals surface area (Å²) in [5, 5.41) is 10.9. The maximum atomic E-state index is 12.9. The number of aromatic amines is 1. The van der Waals surface area contributed by atoms with Gasteiger partial charge in [-0.1, -0.05) is 13.8 Å². The number of aromatic nitrogens is 2. The van der Waals surface area contributed by atoms with Gasteiger partial charge in [0, 0.05) is 70.0 Å². The van der Waals surface area contributed by atoms with Crippen molar-refractivity contribution < 1.29 is 9.53 Å². The van der Waals surface area contributed by atoms with Gasteiger partial charge in [0.15, 0.2) is 0 Å². The van der Waals surface area contributed by atoms with Crippen LogP contribution < -0.4 is 5.32 Å². The fraction of sp³-hybridized carbons (Fsp3) is 0.826. The molecule has 0 radical (unpaired) electrons. The SMILES string of the molecule is CNCCN(C)Cc1c[nH]nc1[C@H]1CC[C@H](N(CCCOC)C(=O)CC(C)C)CC1. The number of likely N-dealkylation sites (N-methyl/N-ethyl adjacent to an activating group) is 2. The number of H-pyrrole nitrogens is 1. The van der Waals surface area contributed by atoms with Gasteiger partial charge in [-0.05, 0) is 52.1 Å². The molecule has 2 N–H and O–H groups in total. The van der Waals surface area contributed by atoms with Crippen molar-refractivity contribution in [1.29, 1.82) is 0 Å². The monoisotopic (exact) mass is 421 g/mol. The summed E-state index contributed by atoms with van der Waals surface area (Å²) in [5.41, 5.74) is 2.54. The summed E-state index contributed by atoms with van der Waals surface area (Å²) in [6.45, 7) is 8.67. The first kappa shape index (κ1) is 24.8. The molecule has 1 fully saturated rings. The van der Waals surface area contributed by atoms with E-state index in [1.165, 1.54) is 11.3 Å². The predicted molar refractivity (Wildman–Crippen MR) is 122 cm³/mol. The first-order valence-electron chi connectivity index (χ1n) is 11.6. The summed E-state index contributed by atoms with van der Waals surface area (Å²) in [4.78, 5) is 17.4. The van der Waals surface area contributed by atoms with E-state index in [0.717, 1.165) is 58.3 Å². The smallest absolute Gasteiger partial charge is 0.223 e. The van der Waals surface area contributed by atoms with Crippen LogP contribution in [0.2, 0.25) is 0 Å². The van der Waals surface area contributed by atoms with E-state index < -0.39 is 0 Å². The lowest BCUT2D eigenvalue weighted by molar-refractivity contribution is -0.135. The molecular formula is C23H43N5O2. The van der Waals surface area contributed by atoms with Crippen molar-refractivity contribution in [2.75, 3.05) is 47.4 Å². The zero-order valence-corrected chi connectivity index (χ0v) is 19.7. The van der Waals surface area contributed by atoms with E-state index in [1.807, 2.05) is 7.05 Å². The maximum absolute atomic E-state index is 12.9. The Morgan fingerprint density at radius 2 is 2.03 bits per heavy atom. The second-order valence-corrected chi connectivity index (χ2v) is 9.17. The molecule has 172 valence electrons. The van der Waals surface area contributed by atoms with Crippen molar-refractivity contribution in [2.24, 2.45) is 5.92 Å². The minimum Gasteiger partial charge on any atom is -0.385 e. The van der Waals surface area contributed by atoms with Crippen molar-refractivity contribution in [3.63, 3.8) is 0 Å². The molecule has 30 heavy (non-hydrogen) atoms. The number of ether oxygens (including phenoxy) is 1. The van der Waals surface area contributed by atoms with E-state index >= 15 is 0 Å². The zero-order valence-electron chi connectivity index (χ0n) is 19.7. The topological polar surface area (TPSA) is 73.5 Å². The first-order valence-corrected chi connectivity index (χ1v) is 11.6. The summed E-state index contributed by atoms with van der Waals surface area (Å²) in [6.07, 6.45) is 7.91. The van der Waals surface area contributed by atoms with Crippen molar-refractivity contribution in [3.05, 3.63) is 17.5 Å². The second-order valence-electron chi connectivity index (χ2n) is 9.17. The number of methoxy groups -OCH3 is 1. The number of hydrogen-bond acceptors (Lipinski definition) is 5.